The zero-order chi connectivity index (χ0) is 14.8. The number of hydrogen-bond acceptors (Lipinski definition) is 4. The summed E-state index contributed by atoms with van der Waals surface area (Å²) in [5.74, 6) is 0.268. The molecule has 2 aromatic carbocycles. The number of anilines is 3. The molecule has 1 heterocycles. The number of benzene rings is 2. The summed E-state index contributed by atoms with van der Waals surface area (Å²) in [4.78, 5) is 3.94. The largest absolute Gasteiger partial charge is 0.368 e. The molecule has 0 fully saturated rings. The van der Waals surface area contributed by atoms with Crippen LogP contribution >= 0.6 is 11.6 Å². The van der Waals surface area contributed by atoms with Crippen molar-refractivity contribution in [3.8, 4) is 11.1 Å². The molecule has 3 rings (SSSR count). The van der Waals surface area contributed by atoms with E-state index in [9.17, 15) is 4.39 Å². The molecular weight excluding hydrogens is 293 g/mol. The highest BCUT2D eigenvalue weighted by Gasteiger charge is 2.07. The molecule has 5 nitrogen and oxygen atoms in total. The maximum atomic E-state index is 13.3. The van der Waals surface area contributed by atoms with Crippen LogP contribution in [0.25, 0.3) is 11.1 Å². The number of aromatic amines is 1. The molecule has 0 aliphatic heterocycles. The fourth-order valence-corrected chi connectivity index (χ4v) is 2.23. The predicted octanol–water partition coefficient (Wildman–Crippen LogP) is 3.59. The van der Waals surface area contributed by atoms with Gasteiger partial charge in [-0.25, -0.2) is 9.49 Å². The van der Waals surface area contributed by atoms with Crippen molar-refractivity contribution < 1.29 is 4.39 Å². The van der Waals surface area contributed by atoms with Crippen LogP contribution in [0.3, 0.4) is 0 Å². The maximum absolute atomic E-state index is 13.3. The van der Waals surface area contributed by atoms with Gasteiger partial charge in [-0.05, 0) is 29.8 Å². The van der Waals surface area contributed by atoms with Crippen LogP contribution in [-0.2, 0) is 0 Å². The van der Waals surface area contributed by atoms with Gasteiger partial charge in [-0.15, -0.1) is 5.10 Å². The standard InChI is InChI=1S/C14H11ClFN5/c15-12-7-10(18-14-19-13(17)20-21-14)4-5-11(12)8-2-1-3-9(16)6-8/h1-7H,(H4,17,18,19,20,21). The van der Waals surface area contributed by atoms with Gasteiger partial charge in [-0.2, -0.15) is 4.98 Å². The molecule has 0 aliphatic rings. The fourth-order valence-electron chi connectivity index (χ4n) is 1.94. The number of halogens is 2. The minimum Gasteiger partial charge on any atom is -0.368 e. The monoisotopic (exact) mass is 303 g/mol. The van der Waals surface area contributed by atoms with E-state index in [1.54, 1.807) is 30.3 Å². The summed E-state index contributed by atoms with van der Waals surface area (Å²) < 4.78 is 13.3. The molecule has 3 aromatic rings. The Balaban J connectivity index is 1.89. The van der Waals surface area contributed by atoms with Gasteiger partial charge >= 0.3 is 0 Å². The van der Waals surface area contributed by atoms with Crippen molar-refractivity contribution in [2.24, 2.45) is 0 Å². The molecule has 0 saturated heterocycles. The second-order valence-corrected chi connectivity index (χ2v) is 4.78. The highest BCUT2D eigenvalue weighted by atomic mass is 35.5. The molecule has 0 radical (unpaired) electrons. The summed E-state index contributed by atoms with van der Waals surface area (Å²) in [6.45, 7) is 0. The van der Waals surface area contributed by atoms with E-state index in [1.807, 2.05) is 0 Å². The second kappa shape index (κ2) is 5.41. The number of H-pyrrole nitrogens is 1. The number of aromatic nitrogens is 3. The minimum atomic E-state index is -0.304. The molecule has 0 saturated carbocycles. The van der Waals surface area contributed by atoms with Crippen molar-refractivity contribution >= 4 is 29.2 Å². The van der Waals surface area contributed by atoms with Crippen molar-refractivity contribution in [1.82, 2.24) is 15.2 Å². The highest BCUT2D eigenvalue weighted by Crippen LogP contribution is 2.31. The quantitative estimate of drug-likeness (QED) is 0.691. The van der Waals surface area contributed by atoms with Crippen LogP contribution in [0.2, 0.25) is 5.02 Å². The van der Waals surface area contributed by atoms with Crippen molar-refractivity contribution in [3.63, 3.8) is 0 Å². The first kappa shape index (κ1) is 13.4. The molecule has 0 spiro atoms. The van der Waals surface area contributed by atoms with Crippen molar-refractivity contribution in [1.29, 1.82) is 0 Å². The Morgan fingerprint density at radius 3 is 2.71 bits per heavy atom. The Bertz CT molecular complexity index is 787. The Labute approximate surface area is 125 Å². The second-order valence-electron chi connectivity index (χ2n) is 4.37. The Morgan fingerprint density at radius 2 is 2.05 bits per heavy atom. The molecule has 21 heavy (non-hydrogen) atoms. The summed E-state index contributed by atoms with van der Waals surface area (Å²) in [7, 11) is 0. The smallest absolute Gasteiger partial charge is 0.248 e. The van der Waals surface area contributed by atoms with Crippen molar-refractivity contribution in [2.45, 2.75) is 0 Å². The van der Waals surface area contributed by atoms with Crippen LogP contribution in [-0.4, -0.2) is 15.2 Å². The average molecular weight is 304 g/mol. The van der Waals surface area contributed by atoms with E-state index in [2.05, 4.69) is 20.5 Å². The Kier molecular flexibility index (Phi) is 3.45. The topological polar surface area (TPSA) is 79.6 Å². The van der Waals surface area contributed by atoms with Gasteiger partial charge in [0.05, 0.1) is 5.02 Å². The predicted molar refractivity (Wildman–Crippen MR) is 80.9 cm³/mol. The summed E-state index contributed by atoms with van der Waals surface area (Å²) >= 11 is 6.25. The summed E-state index contributed by atoms with van der Waals surface area (Å²) in [6, 6.07) is 11.6. The van der Waals surface area contributed by atoms with Crippen LogP contribution in [0.4, 0.5) is 22.0 Å². The SMILES string of the molecule is Nc1nc(Nc2ccc(-c3cccc(F)c3)c(Cl)c2)n[nH]1. The average Bonchev–Trinajstić information content (AvgIpc) is 2.84. The third-order valence-corrected chi connectivity index (χ3v) is 3.18. The lowest BCUT2D eigenvalue weighted by Crippen LogP contribution is -1.93. The zero-order valence-corrected chi connectivity index (χ0v) is 11.5. The van der Waals surface area contributed by atoms with E-state index < -0.39 is 0 Å². The summed E-state index contributed by atoms with van der Waals surface area (Å²) in [5.41, 5.74) is 7.62. The van der Waals surface area contributed by atoms with Gasteiger partial charge in [0.1, 0.15) is 5.82 Å². The van der Waals surface area contributed by atoms with Crippen LogP contribution < -0.4 is 11.1 Å². The lowest BCUT2D eigenvalue weighted by Gasteiger charge is -2.08. The molecule has 0 amide bonds. The molecule has 7 heteroatoms. The molecule has 0 aliphatic carbocycles. The molecule has 1 aromatic heterocycles. The van der Waals surface area contributed by atoms with Gasteiger partial charge in [0.15, 0.2) is 0 Å². The molecule has 0 bridgehead atoms. The normalized spacial score (nSPS) is 10.6. The maximum Gasteiger partial charge on any atom is 0.248 e. The molecular formula is C14H11ClFN5. The number of nitrogen functional groups attached to an aromatic ring is 1. The highest BCUT2D eigenvalue weighted by molar-refractivity contribution is 6.33. The van der Waals surface area contributed by atoms with E-state index in [0.717, 1.165) is 5.56 Å². The molecule has 0 atom stereocenters. The lowest BCUT2D eigenvalue weighted by molar-refractivity contribution is 0.628. The molecule has 0 unspecified atom stereocenters. The van der Waals surface area contributed by atoms with Crippen LogP contribution in [0.1, 0.15) is 0 Å². The fraction of sp³-hybridized carbons (Fsp3) is 0. The number of nitrogens with one attached hydrogen (secondary N) is 2. The first-order chi connectivity index (χ1) is 10.1. The van der Waals surface area contributed by atoms with Gasteiger partial charge in [-0.3, -0.25) is 0 Å². The number of rotatable bonds is 3. The van der Waals surface area contributed by atoms with Gasteiger partial charge in [-0.1, -0.05) is 29.8 Å². The van der Waals surface area contributed by atoms with E-state index in [-0.39, 0.29) is 11.8 Å². The molecule has 4 N–H and O–H groups in total. The summed E-state index contributed by atoms with van der Waals surface area (Å²) in [5, 5.41) is 9.85. The van der Waals surface area contributed by atoms with E-state index in [1.165, 1.54) is 12.1 Å². The number of hydrogen-bond donors (Lipinski definition) is 3. The zero-order valence-electron chi connectivity index (χ0n) is 10.8. The minimum absolute atomic E-state index is 0.222. The van der Waals surface area contributed by atoms with Crippen LogP contribution in [0.5, 0.6) is 0 Å². The lowest BCUT2D eigenvalue weighted by atomic mass is 10.1. The third kappa shape index (κ3) is 2.95. The van der Waals surface area contributed by atoms with E-state index in [0.29, 0.717) is 22.2 Å². The molecule has 106 valence electrons. The van der Waals surface area contributed by atoms with Gasteiger partial charge in [0.2, 0.25) is 11.9 Å². The number of nitrogens with zero attached hydrogens (tertiary/aromatic N) is 2. The Morgan fingerprint density at radius 1 is 1.19 bits per heavy atom. The Hall–Kier alpha value is -2.60. The summed E-state index contributed by atoms with van der Waals surface area (Å²) in [6.07, 6.45) is 0. The van der Waals surface area contributed by atoms with Gasteiger partial charge in [0.25, 0.3) is 0 Å². The van der Waals surface area contributed by atoms with Gasteiger partial charge in [0, 0.05) is 11.3 Å². The van der Waals surface area contributed by atoms with E-state index in [4.69, 9.17) is 17.3 Å². The van der Waals surface area contributed by atoms with Crippen LogP contribution in [0, 0.1) is 5.82 Å². The van der Waals surface area contributed by atoms with Crippen molar-refractivity contribution in [3.05, 3.63) is 53.3 Å². The van der Waals surface area contributed by atoms with Crippen molar-refractivity contribution in [2.75, 3.05) is 11.1 Å². The first-order valence-corrected chi connectivity index (χ1v) is 6.50. The number of nitrogens with two attached hydrogens (primary N) is 1. The van der Waals surface area contributed by atoms with E-state index >= 15 is 0 Å². The third-order valence-electron chi connectivity index (χ3n) is 2.86. The first-order valence-electron chi connectivity index (χ1n) is 6.12. The van der Waals surface area contributed by atoms with Crippen LogP contribution in [0.15, 0.2) is 42.5 Å². The van der Waals surface area contributed by atoms with Gasteiger partial charge < -0.3 is 11.1 Å².